The Kier molecular flexibility index (Phi) is 4.68. The second-order valence-electron chi connectivity index (χ2n) is 7.51. The maximum Gasteiger partial charge on any atom is 0.111 e. The van der Waals surface area contributed by atoms with Crippen LogP contribution in [0.5, 0.6) is 0 Å². The first-order valence-electron chi connectivity index (χ1n) is 8.94. The fourth-order valence-corrected chi connectivity index (χ4v) is 4.01. The first kappa shape index (κ1) is 15.1. The molecule has 1 aliphatic heterocycles. The highest BCUT2D eigenvalue weighted by molar-refractivity contribution is 5.21. The molecule has 0 unspecified atom stereocenters. The van der Waals surface area contributed by atoms with Gasteiger partial charge in [0.05, 0.1) is 5.69 Å². The third-order valence-corrected chi connectivity index (χ3v) is 5.43. The van der Waals surface area contributed by atoms with Crippen molar-refractivity contribution in [2.24, 2.45) is 11.8 Å². The molecule has 0 spiro atoms. The summed E-state index contributed by atoms with van der Waals surface area (Å²) >= 11 is 0. The maximum atomic E-state index is 4.93. The van der Waals surface area contributed by atoms with Gasteiger partial charge in [-0.05, 0) is 18.3 Å². The van der Waals surface area contributed by atoms with Gasteiger partial charge in [-0.1, -0.05) is 46.5 Å². The SMILES string of the molecule is CC1CCC(CCn2c(C(C)C)nc3c2CCNC3)CC1. The Morgan fingerprint density at radius 3 is 2.71 bits per heavy atom. The fraction of sp³-hybridized carbons (Fsp3) is 0.833. The molecule has 1 aliphatic carbocycles. The van der Waals surface area contributed by atoms with Crippen LogP contribution in [0.3, 0.4) is 0 Å². The zero-order valence-electron chi connectivity index (χ0n) is 14.0. The van der Waals surface area contributed by atoms with Crippen molar-refractivity contribution in [2.45, 2.75) is 78.3 Å². The zero-order valence-corrected chi connectivity index (χ0v) is 14.0. The lowest BCUT2D eigenvalue weighted by molar-refractivity contribution is 0.267. The van der Waals surface area contributed by atoms with Crippen LogP contribution in [0.4, 0.5) is 0 Å². The lowest BCUT2D eigenvalue weighted by Crippen LogP contribution is -2.25. The molecule has 0 amide bonds. The molecule has 1 aromatic heterocycles. The van der Waals surface area contributed by atoms with Crippen molar-refractivity contribution in [1.29, 1.82) is 0 Å². The molecule has 3 heteroatoms. The molecule has 1 N–H and O–H groups in total. The second kappa shape index (κ2) is 6.51. The van der Waals surface area contributed by atoms with Crippen LogP contribution in [-0.4, -0.2) is 16.1 Å². The standard InChI is InChI=1S/C18H31N3/c1-13(2)18-20-16-12-19-10-8-17(16)21(18)11-9-15-6-4-14(3)5-7-15/h13-15,19H,4-12H2,1-3H3. The Hall–Kier alpha value is -0.830. The van der Waals surface area contributed by atoms with E-state index in [0.717, 1.165) is 31.3 Å². The van der Waals surface area contributed by atoms with Crippen LogP contribution in [0, 0.1) is 11.8 Å². The highest BCUT2D eigenvalue weighted by Crippen LogP contribution is 2.31. The van der Waals surface area contributed by atoms with Crippen LogP contribution in [0.15, 0.2) is 0 Å². The number of imidazole rings is 1. The largest absolute Gasteiger partial charge is 0.331 e. The molecule has 21 heavy (non-hydrogen) atoms. The lowest BCUT2D eigenvalue weighted by atomic mass is 9.81. The predicted molar refractivity (Wildman–Crippen MR) is 87.5 cm³/mol. The van der Waals surface area contributed by atoms with E-state index in [0.29, 0.717) is 5.92 Å². The molecule has 1 fully saturated rings. The van der Waals surface area contributed by atoms with E-state index in [1.54, 1.807) is 0 Å². The Morgan fingerprint density at radius 2 is 2.00 bits per heavy atom. The molecule has 1 aromatic rings. The van der Waals surface area contributed by atoms with Gasteiger partial charge in [0.25, 0.3) is 0 Å². The molecule has 0 saturated heterocycles. The molecule has 0 aromatic carbocycles. The zero-order chi connectivity index (χ0) is 14.8. The average Bonchev–Trinajstić information content (AvgIpc) is 2.86. The Labute approximate surface area is 129 Å². The van der Waals surface area contributed by atoms with Crippen molar-refractivity contribution in [1.82, 2.24) is 14.9 Å². The van der Waals surface area contributed by atoms with Crippen molar-refractivity contribution in [3.63, 3.8) is 0 Å². The normalized spacial score (nSPS) is 26.1. The van der Waals surface area contributed by atoms with Gasteiger partial charge in [0.15, 0.2) is 0 Å². The summed E-state index contributed by atoms with van der Waals surface area (Å²) in [6.45, 7) is 10.2. The van der Waals surface area contributed by atoms with E-state index in [1.165, 1.54) is 55.9 Å². The molecule has 2 heterocycles. The van der Waals surface area contributed by atoms with Gasteiger partial charge >= 0.3 is 0 Å². The van der Waals surface area contributed by atoms with Crippen molar-refractivity contribution in [2.75, 3.05) is 6.54 Å². The minimum Gasteiger partial charge on any atom is -0.331 e. The first-order chi connectivity index (χ1) is 10.1. The van der Waals surface area contributed by atoms with Gasteiger partial charge in [-0.3, -0.25) is 0 Å². The molecule has 3 nitrogen and oxygen atoms in total. The minimum absolute atomic E-state index is 0.530. The number of fused-ring (bicyclic) bond motifs is 1. The summed E-state index contributed by atoms with van der Waals surface area (Å²) in [6, 6.07) is 0. The van der Waals surface area contributed by atoms with Crippen LogP contribution in [-0.2, 0) is 19.5 Å². The highest BCUT2D eigenvalue weighted by atomic mass is 15.1. The van der Waals surface area contributed by atoms with Gasteiger partial charge in [0.2, 0.25) is 0 Å². The molecule has 2 aliphatic rings. The van der Waals surface area contributed by atoms with Crippen LogP contribution >= 0.6 is 0 Å². The van der Waals surface area contributed by atoms with Gasteiger partial charge in [-0.25, -0.2) is 4.98 Å². The number of hydrogen-bond acceptors (Lipinski definition) is 2. The first-order valence-corrected chi connectivity index (χ1v) is 8.94. The molecular formula is C18H31N3. The quantitative estimate of drug-likeness (QED) is 0.912. The summed E-state index contributed by atoms with van der Waals surface area (Å²) in [6.07, 6.45) is 8.26. The lowest BCUT2D eigenvalue weighted by Gasteiger charge is -2.27. The molecule has 3 rings (SSSR count). The van der Waals surface area contributed by atoms with E-state index in [9.17, 15) is 0 Å². The van der Waals surface area contributed by atoms with Crippen molar-refractivity contribution >= 4 is 0 Å². The number of nitrogens with one attached hydrogen (secondary N) is 1. The van der Waals surface area contributed by atoms with Crippen molar-refractivity contribution in [3.8, 4) is 0 Å². The second-order valence-corrected chi connectivity index (χ2v) is 7.51. The molecule has 1 saturated carbocycles. The highest BCUT2D eigenvalue weighted by Gasteiger charge is 2.23. The topological polar surface area (TPSA) is 29.9 Å². The number of nitrogens with zero attached hydrogens (tertiary/aromatic N) is 2. The van der Waals surface area contributed by atoms with Gasteiger partial charge < -0.3 is 9.88 Å². The van der Waals surface area contributed by atoms with E-state index in [4.69, 9.17) is 4.98 Å². The van der Waals surface area contributed by atoms with Crippen molar-refractivity contribution in [3.05, 3.63) is 17.2 Å². The smallest absolute Gasteiger partial charge is 0.111 e. The molecule has 0 radical (unpaired) electrons. The number of rotatable bonds is 4. The maximum absolute atomic E-state index is 4.93. The monoisotopic (exact) mass is 289 g/mol. The third kappa shape index (κ3) is 3.33. The number of aromatic nitrogens is 2. The van der Waals surface area contributed by atoms with Gasteiger partial charge in [-0.15, -0.1) is 0 Å². The van der Waals surface area contributed by atoms with E-state index in [2.05, 4.69) is 30.7 Å². The average molecular weight is 289 g/mol. The van der Waals surface area contributed by atoms with Gasteiger partial charge in [-0.2, -0.15) is 0 Å². The summed E-state index contributed by atoms with van der Waals surface area (Å²) in [7, 11) is 0. The third-order valence-electron chi connectivity index (χ3n) is 5.43. The van der Waals surface area contributed by atoms with E-state index < -0.39 is 0 Å². The van der Waals surface area contributed by atoms with Gasteiger partial charge in [0, 0.05) is 37.7 Å². The van der Waals surface area contributed by atoms with Crippen LogP contribution in [0.25, 0.3) is 0 Å². The van der Waals surface area contributed by atoms with Crippen LogP contribution in [0.1, 0.15) is 76.0 Å². The summed E-state index contributed by atoms with van der Waals surface area (Å²) in [5, 5.41) is 3.45. The Balaban J connectivity index is 1.70. The van der Waals surface area contributed by atoms with Gasteiger partial charge in [0.1, 0.15) is 5.82 Å². The number of hydrogen-bond donors (Lipinski definition) is 1. The molecular weight excluding hydrogens is 258 g/mol. The van der Waals surface area contributed by atoms with Crippen LogP contribution < -0.4 is 5.32 Å². The summed E-state index contributed by atoms with van der Waals surface area (Å²) in [4.78, 5) is 4.93. The fourth-order valence-electron chi connectivity index (χ4n) is 4.01. The Bertz CT molecular complexity index is 467. The molecule has 118 valence electrons. The van der Waals surface area contributed by atoms with E-state index in [-0.39, 0.29) is 0 Å². The summed E-state index contributed by atoms with van der Waals surface area (Å²) in [5.41, 5.74) is 2.82. The summed E-state index contributed by atoms with van der Waals surface area (Å²) in [5.74, 6) is 3.75. The van der Waals surface area contributed by atoms with Crippen LogP contribution in [0.2, 0.25) is 0 Å². The Morgan fingerprint density at radius 1 is 1.24 bits per heavy atom. The van der Waals surface area contributed by atoms with Crippen molar-refractivity contribution < 1.29 is 0 Å². The minimum atomic E-state index is 0.530. The molecule has 0 bridgehead atoms. The summed E-state index contributed by atoms with van der Waals surface area (Å²) < 4.78 is 2.57. The molecule has 0 atom stereocenters. The van der Waals surface area contributed by atoms with E-state index in [1.807, 2.05) is 0 Å². The predicted octanol–water partition coefficient (Wildman–Crippen LogP) is 3.87. The van der Waals surface area contributed by atoms with E-state index >= 15 is 0 Å².